The van der Waals surface area contributed by atoms with E-state index in [1.807, 2.05) is 13.8 Å². The molecule has 0 aromatic carbocycles. The van der Waals surface area contributed by atoms with Gasteiger partial charge in [0.15, 0.2) is 5.78 Å². The second-order valence-corrected chi connectivity index (χ2v) is 5.31. The van der Waals surface area contributed by atoms with Gasteiger partial charge in [-0.25, -0.2) is 4.79 Å². The predicted molar refractivity (Wildman–Crippen MR) is 87.7 cm³/mol. The summed E-state index contributed by atoms with van der Waals surface area (Å²) in [7, 11) is 0. The number of amides is 2. The highest BCUT2D eigenvalue weighted by Crippen LogP contribution is 2.13. The first-order valence-corrected chi connectivity index (χ1v) is 7.45. The maximum absolute atomic E-state index is 12.4. The lowest BCUT2D eigenvalue weighted by Gasteiger charge is -2.24. The van der Waals surface area contributed by atoms with Gasteiger partial charge in [-0.2, -0.15) is 0 Å². The van der Waals surface area contributed by atoms with Gasteiger partial charge >= 0.3 is 6.03 Å². The summed E-state index contributed by atoms with van der Waals surface area (Å²) >= 11 is 0. The molecule has 0 rings (SSSR count). The van der Waals surface area contributed by atoms with E-state index >= 15 is 0 Å². The van der Waals surface area contributed by atoms with Crippen LogP contribution in [-0.2, 0) is 4.79 Å². The molecule has 1 N–H and O–H groups in total. The second kappa shape index (κ2) is 9.97. The molecule has 1 atom stereocenters. The maximum Gasteiger partial charge on any atom is 0.326 e. The highest BCUT2D eigenvalue weighted by molar-refractivity contribution is 6.01. The lowest BCUT2D eigenvalue weighted by Crippen LogP contribution is -2.48. The van der Waals surface area contributed by atoms with Crippen molar-refractivity contribution in [1.82, 2.24) is 10.2 Å². The summed E-state index contributed by atoms with van der Waals surface area (Å²) in [5.74, 6) is -0.0895. The second-order valence-electron chi connectivity index (χ2n) is 5.31. The van der Waals surface area contributed by atoms with Crippen molar-refractivity contribution in [2.45, 2.75) is 53.0 Å². The Morgan fingerprint density at radius 2 is 1.95 bits per heavy atom. The van der Waals surface area contributed by atoms with Crippen molar-refractivity contribution in [2.24, 2.45) is 5.92 Å². The molecule has 4 heteroatoms. The summed E-state index contributed by atoms with van der Waals surface area (Å²) in [6, 6.07) is -0.923. The first-order chi connectivity index (χ1) is 9.88. The molecule has 0 heterocycles. The van der Waals surface area contributed by atoms with Crippen LogP contribution in [-0.4, -0.2) is 22.8 Å². The van der Waals surface area contributed by atoms with Crippen LogP contribution in [0.2, 0.25) is 0 Å². The molecule has 0 aromatic rings. The van der Waals surface area contributed by atoms with Crippen LogP contribution in [0.4, 0.5) is 4.79 Å². The van der Waals surface area contributed by atoms with E-state index < -0.39 is 6.04 Å². The fourth-order valence-electron chi connectivity index (χ4n) is 1.85. The average molecular weight is 292 g/mol. The summed E-state index contributed by atoms with van der Waals surface area (Å²) in [5.41, 5.74) is 0.576. The number of hydrogen-bond acceptors (Lipinski definition) is 2. The number of rotatable bonds is 9. The fraction of sp³-hybridized carbons (Fsp3) is 0.529. The van der Waals surface area contributed by atoms with Crippen molar-refractivity contribution in [3.05, 3.63) is 37.2 Å². The third-order valence-corrected chi connectivity index (χ3v) is 3.15. The van der Waals surface area contributed by atoms with Crippen molar-refractivity contribution in [1.29, 1.82) is 0 Å². The van der Waals surface area contributed by atoms with E-state index in [0.29, 0.717) is 12.0 Å². The lowest BCUT2D eigenvalue weighted by molar-refractivity contribution is -0.118. The van der Waals surface area contributed by atoms with Gasteiger partial charge in [-0.15, -0.1) is 0 Å². The summed E-state index contributed by atoms with van der Waals surface area (Å²) < 4.78 is 0. The molecule has 0 aromatic heterocycles. The maximum atomic E-state index is 12.4. The van der Waals surface area contributed by atoms with Gasteiger partial charge in [-0.1, -0.05) is 46.4 Å². The molecule has 2 amide bonds. The quantitative estimate of drug-likeness (QED) is 0.653. The van der Waals surface area contributed by atoms with Crippen LogP contribution in [0.1, 0.15) is 47.0 Å². The number of allylic oxidation sites excluding steroid dienone is 1. The Kier molecular flexibility index (Phi) is 9.10. The standard InChI is InChI=1S/C17H28N2O2/c1-7-10-11-14(6)16(20)15(13(4)5)18-17(21)19(9-3)12-8-2/h8-9,12-13,15H,3,6-7,10-11H2,1-2,4-5H3,(H,18,21)/b12-8-/t15-/m0/s1. The minimum Gasteiger partial charge on any atom is -0.327 e. The Balaban J connectivity index is 4.91. The number of unbranched alkanes of at least 4 members (excludes halogenated alkanes) is 1. The first kappa shape index (κ1) is 19.2. The predicted octanol–water partition coefficient (Wildman–Crippen LogP) is 4.02. The summed E-state index contributed by atoms with van der Waals surface area (Å²) in [4.78, 5) is 25.9. The molecule has 0 saturated carbocycles. The molecule has 4 nitrogen and oxygen atoms in total. The largest absolute Gasteiger partial charge is 0.327 e. The van der Waals surface area contributed by atoms with Crippen LogP contribution in [0.3, 0.4) is 0 Å². The van der Waals surface area contributed by atoms with Gasteiger partial charge in [-0.3, -0.25) is 9.69 Å². The van der Waals surface area contributed by atoms with Crippen LogP contribution in [0.15, 0.2) is 37.2 Å². The monoisotopic (exact) mass is 292 g/mol. The molecule has 0 saturated heterocycles. The molecule has 0 aliphatic rings. The number of nitrogens with zero attached hydrogens (tertiary/aromatic N) is 1. The summed E-state index contributed by atoms with van der Waals surface area (Å²) in [5, 5.41) is 2.76. The third-order valence-electron chi connectivity index (χ3n) is 3.15. The molecule has 0 unspecified atom stereocenters. The molecule has 0 bridgehead atoms. The number of carbonyl (C=O) groups is 2. The molecule has 0 radical (unpaired) electrons. The Bertz CT molecular complexity index is 411. The molecule has 0 spiro atoms. The Labute approximate surface area is 128 Å². The van der Waals surface area contributed by atoms with Gasteiger partial charge in [0, 0.05) is 12.4 Å². The van der Waals surface area contributed by atoms with Crippen molar-refractivity contribution in [2.75, 3.05) is 0 Å². The van der Waals surface area contributed by atoms with Crippen molar-refractivity contribution < 1.29 is 9.59 Å². The SMILES string of the molecule is C=CN(/C=C\C)C(=O)N[C@H](C(=O)C(=C)CCCC)C(C)C. The molecule has 0 aliphatic carbocycles. The number of Topliss-reactive ketones (excluding diaryl/α,β-unsaturated/α-hetero) is 1. The summed E-state index contributed by atoms with van der Waals surface area (Å²) in [6.45, 7) is 15.1. The van der Waals surface area contributed by atoms with Crippen molar-refractivity contribution in [3.8, 4) is 0 Å². The number of nitrogens with one attached hydrogen (secondary N) is 1. The van der Waals surface area contributed by atoms with E-state index in [1.54, 1.807) is 19.2 Å². The molecule has 0 fully saturated rings. The first-order valence-electron chi connectivity index (χ1n) is 7.45. The van der Waals surface area contributed by atoms with E-state index in [4.69, 9.17) is 0 Å². The number of urea groups is 1. The van der Waals surface area contributed by atoms with Gasteiger partial charge < -0.3 is 5.32 Å². The minimum absolute atomic E-state index is 0.00269. The van der Waals surface area contributed by atoms with Gasteiger partial charge in [0.05, 0.1) is 6.04 Å². The van der Waals surface area contributed by atoms with E-state index in [-0.39, 0.29) is 17.7 Å². The van der Waals surface area contributed by atoms with Gasteiger partial charge in [0.2, 0.25) is 0 Å². The third kappa shape index (κ3) is 6.43. The zero-order valence-electron chi connectivity index (χ0n) is 13.7. The fourth-order valence-corrected chi connectivity index (χ4v) is 1.85. The van der Waals surface area contributed by atoms with Crippen LogP contribution in [0.5, 0.6) is 0 Å². The molecule has 0 aliphatic heterocycles. The average Bonchev–Trinajstić information content (AvgIpc) is 2.46. The van der Waals surface area contributed by atoms with E-state index in [9.17, 15) is 9.59 Å². The molecule has 21 heavy (non-hydrogen) atoms. The Hall–Kier alpha value is -1.84. The zero-order valence-corrected chi connectivity index (χ0v) is 13.7. The van der Waals surface area contributed by atoms with Crippen LogP contribution in [0.25, 0.3) is 0 Å². The van der Waals surface area contributed by atoms with Gasteiger partial charge in [-0.05, 0) is 31.3 Å². The van der Waals surface area contributed by atoms with Crippen molar-refractivity contribution in [3.63, 3.8) is 0 Å². The Morgan fingerprint density at radius 1 is 1.33 bits per heavy atom. The summed E-state index contributed by atoms with van der Waals surface area (Å²) in [6.07, 6.45) is 7.35. The van der Waals surface area contributed by atoms with Crippen LogP contribution >= 0.6 is 0 Å². The topological polar surface area (TPSA) is 49.4 Å². The normalized spacial score (nSPS) is 12.2. The smallest absolute Gasteiger partial charge is 0.326 e. The lowest BCUT2D eigenvalue weighted by atomic mass is 9.93. The highest BCUT2D eigenvalue weighted by Gasteiger charge is 2.26. The van der Waals surface area contributed by atoms with E-state index in [2.05, 4.69) is 25.4 Å². The van der Waals surface area contributed by atoms with Crippen molar-refractivity contribution >= 4 is 11.8 Å². The van der Waals surface area contributed by atoms with E-state index in [1.165, 1.54) is 11.1 Å². The Morgan fingerprint density at radius 3 is 2.38 bits per heavy atom. The van der Waals surface area contributed by atoms with E-state index in [0.717, 1.165) is 12.8 Å². The number of carbonyl (C=O) groups excluding carboxylic acids is 2. The minimum atomic E-state index is -0.561. The van der Waals surface area contributed by atoms with Crippen LogP contribution in [0, 0.1) is 5.92 Å². The van der Waals surface area contributed by atoms with Crippen LogP contribution < -0.4 is 5.32 Å². The molecular formula is C17H28N2O2. The van der Waals surface area contributed by atoms with Gasteiger partial charge in [0.25, 0.3) is 0 Å². The number of hydrogen-bond donors (Lipinski definition) is 1. The molecule has 118 valence electrons. The zero-order chi connectivity index (χ0) is 16.4. The molecular weight excluding hydrogens is 264 g/mol. The highest BCUT2D eigenvalue weighted by atomic mass is 16.2. The van der Waals surface area contributed by atoms with Gasteiger partial charge in [0.1, 0.15) is 0 Å². The number of ketones is 1.